The van der Waals surface area contributed by atoms with Gasteiger partial charge in [-0.25, -0.2) is 0 Å². The Kier molecular flexibility index (Phi) is 5.15. The van der Waals surface area contributed by atoms with Crippen molar-refractivity contribution in [1.29, 1.82) is 0 Å². The van der Waals surface area contributed by atoms with Gasteiger partial charge in [0, 0.05) is 24.8 Å². The van der Waals surface area contributed by atoms with E-state index in [0.717, 1.165) is 18.8 Å². The minimum absolute atomic E-state index is 0.0911. The lowest BCUT2D eigenvalue weighted by atomic mass is 9.87. The Bertz CT molecular complexity index is 442. The van der Waals surface area contributed by atoms with E-state index in [0.29, 0.717) is 30.6 Å². The zero-order chi connectivity index (χ0) is 14.5. The molecule has 1 aromatic rings. The number of hydrogen-bond acceptors (Lipinski definition) is 4. The van der Waals surface area contributed by atoms with E-state index in [4.69, 9.17) is 4.52 Å². The summed E-state index contributed by atoms with van der Waals surface area (Å²) in [5.41, 5.74) is 0. The van der Waals surface area contributed by atoms with E-state index in [1.54, 1.807) is 0 Å². The van der Waals surface area contributed by atoms with Crippen molar-refractivity contribution in [1.82, 2.24) is 15.5 Å². The van der Waals surface area contributed by atoms with Gasteiger partial charge in [0.2, 0.25) is 11.8 Å². The van der Waals surface area contributed by atoms with Gasteiger partial charge in [-0.3, -0.25) is 4.79 Å². The summed E-state index contributed by atoms with van der Waals surface area (Å²) in [6, 6.07) is 0.347. The Morgan fingerprint density at radius 1 is 1.45 bits per heavy atom. The molecule has 1 N–H and O–H groups in total. The second-order valence-corrected chi connectivity index (χ2v) is 6.24. The van der Waals surface area contributed by atoms with Crippen LogP contribution in [0.4, 0.5) is 0 Å². The molecule has 0 unspecified atom stereocenters. The summed E-state index contributed by atoms with van der Waals surface area (Å²) < 4.78 is 5.14. The van der Waals surface area contributed by atoms with Crippen molar-refractivity contribution in [2.75, 3.05) is 0 Å². The van der Waals surface area contributed by atoms with Crippen molar-refractivity contribution in [3.63, 3.8) is 0 Å². The summed E-state index contributed by atoms with van der Waals surface area (Å²) in [6.45, 7) is 6.29. The quantitative estimate of drug-likeness (QED) is 0.900. The molecule has 0 radical (unpaired) electrons. The van der Waals surface area contributed by atoms with Gasteiger partial charge in [0.05, 0.1) is 0 Å². The van der Waals surface area contributed by atoms with Gasteiger partial charge in [-0.05, 0) is 18.8 Å². The first-order chi connectivity index (χ1) is 9.54. The Labute approximate surface area is 120 Å². The molecule has 1 fully saturated rings. The molecule has 2 atom stereocenters. The lowest BCUT2D eigenvalue weighted by molar-refractivity contribution is -0.122. The second-order valence-electron chi connectivity index (χ2n) is 6.24. The Morgan fingerprint density at radius 2 is 2.25 bits per heavy atom. The molecule has 20 heavy (non-hydrogen) atoms. The largest absolute Gasteiger partial charge is 0.353 e. The number of aromatic nitrogens is 2. The third kappa shape index (κ3) is 4.32. The van der Waals surface area contributed by atoms with Crippen LogP contribution in [0.1, 0.15) is 70.5 Å². The summed E-state index contributed by atoms with van der Waals surface area (Å²) in [5, 5.41) is 7.02. The maximum absolute atomic E-state index is 11.9. The molecule has 1 aliphatic rings. The number of rotatable bonds is 5. The van der Waals surface area contributed by atoms with E-state index in [1.807, 2.05) is 13.8 Å². The molecule has 1 amide bonds. The van der Waals surface area contributed by atoms with E-state index in [-0.39, 0.29) is 11.8 Å². The fraction of sp³-hybridized carbons (Fsp3) is 0.800. The van der Waals surface area contributed by atoms with E-state index in [9.17, 15) is 4.79 Å². The molecule has 1 aromatic heterocycles. The van der Waals surface area contributed by atoms with Crippen molar-refractivity contribution in [2.45, 2.75) is 71.3 Å². The molecule has 2 rings (SSSR count). The van der Waals surface area contributed by atoms with Crippen LogP contribution in [0.15, 0.2) is 4.52 Å². The van der Waals surface area contributed by atoms with Crippen molar-refractivity contribution >= 4 is 5.91 Å². The highest BCUT2D eigenvalue weighted by atomic mass is 16.5. The molecule has 1 heterocycles. The van der Waals surface area contributed by atoms with Crippen LogP contribution in [-0.4, -0.2) is 22.1 Å². The van der Waals surface area contributed by atoms with Gasteiger partial charge in [0.1, 0.15) is 0 Å². The molecule has 1 aliphatic carbocycles. The minimum Gasteiger partial charge on any atom is -0.353 e. The molecule has 0 spiro atoms. The van der Waals surface area contributed by atoms with Crippen LogP contribution < -0.4 is 5.32 Å². The van der Waals surface area contributed by atoms with Gasteiger partial charge < -0.3 is 9.84 Å². The van der Waals surface area contributed by atoms with Gasteiger partial charge >= 0.3 is 0 Å². The Hall–Kier alpha value is -1.39. The van der Waals surface area contributed by atoms with E-state index < -0.39 is 0 Å². The monoisotopic (exact) mass is 279 g/mol. The zero-order valence-electron chi connectivity index (χ0n) is 12.7. The number of hydrogen-bond donors (Lipinski definition) is 1. The van der Waals surface area contributed by atoms with E-state index >= 15 is 0 Å². The molecule has 0 saturated heterocycles. The molecule has 1 saturated carbocycles. The number of carbonyl (C=O) groups is 1. The highest BCUT2D eigenvalue weighted by molar-refractivity contribution is 5.76. The third-order valence-electron chi connectivity index (χ3n) is 3.87. The smallest absolute Gasteiger partial charge is 0.227 e. The fourth-order valence-electron chi connectivity index (χ4n) is 2.69. The van der Waals surface area contributed by atoms with E-state index in [1.165, 1.54) is 12.8 Å². The minimum atomic E-state index is 0.0911. The summed E-state index contributed by atoms with van der Waals surface area (Å²) >= 11 is 0. The first-order valence-corrected chi connectivity index (χ1v) is 7.66. The summed E-state index contributed by atoms with van der Waals surface area (Å²) in [7, 11) is 0. The maximum Gasteiger partial charge on any atom is 0.227 e. The Balaban J connectivity index is 1.74. The van der Waals surface area contributed by atoms with Crippen LogP contribution in [0.2, 0.25) is 0 Å². The van der Waals surface area contributed by atoms with Crippen LogP contribution in [-0.2, 0) is 11.2 Å². The molecule has 0 aliphatic heterocycles. The van der Waals surface area contributed by atoms with Gasteiger partial charge in [0.25, 0.3) is 0 Å². The zero-order valence-corrected chi connectivity index (χ0v) is 12.7. The highest BCUT2D eigenvalue weighted by Crippen LogP contribution is 2.23. The van der Waals surface area contributed by atoms with Crippen molar-refractivity contribution < 1.29 is 9.32 Å². The average molecular weight is 279 g/mol. The number of nitrogens with one attached hydrogen (secondary N) is 1. The highest BCUT2D eigenvalue weighted by Gasteiger charge is 2.20. The normalized spacial score (nSPS) is 23.0. The molecule has 0 bridgehead atoms. The summed E-state index contributed by atoms with van der Waals surface area (Å²) in [5.74, 6) is 2.33. The van der Waals surface area contributed by atoms with Gasteiger partial charge in [-0.2, -0.15) is 4.98 Å². The van der Waals surface area contributed by atoms with Crippen LogP contribution in [0, 0.1) is 5.92 Å². The van der Waals surface area contributed by atoms with Crippen LogP contribution in [0.3, 0.4) is 0 Å². The predicted octanol–water partition coefficient (Wildman–Crippen LogP) is 2.82. The first-order valence-electron chi connectivity index (χ1n) is 7.66. The van der Waals surface area contributed by atoms with Crippen molar-refractivity contribution in [3.8, 4) is 0 Å². The molecule has 5 nitrogen and oxygen atoms in total. The number of carbonyl (C=O) groups excluding carboxylic acids is 1. The Morgan fingerprint density at radius 3 is 2.90 bits per heavy atom. The molecular formula is C15H25N3O2. The topological polar surface area (TPSA) is 68.0 Å². The lowest BCUT2D eigenvalue weighted by Gasteiger charge is -2.27. The second kappa shape index (κ2) is 6.86. The van der Waals surface area contributed by atoms with Gasteiger partial charge in [-0.1, -0.05) is 38.8 Å². The molecular weight excluding hydrogens is 254 g/mol. The fourth-order valence-corrected chi connectivity index (χ4v) is 2.69. The third-order valence-corrected chi connectivity index (χ3v) is 3.87. The molecule has 5 heteroatoms. The summed E-state index contributed by atoms with van der Waals surface area (Å²) in [6.07, 6.45) is 5.65. The maximum atomic E-state index is 11.9. The van der Waals surface area contributed by atoms with Crippen molar-refractivity contribution in [2.24, 2.45) is 5.92 Å². The van der Waals surface area contributed by atoms with Crippen LogP contribution >= 0.6 is 0 Å². The van der Waals surface area contributed by atoms with Crippen molar-refractivity contribution in [3.05, 3.63) is 11.7 Å². The first kappa shape index (κ1) is 15.0. The summed E-state index contributed by atoms with van der Waals surface area (Å²) in [4.78, 5) is 16.2. The number of nitrogens with zero attached hydrogens (tertiary/aromatic N) is 2. The number of aryl methyl sites for hydroxylation is 1. The van der Waals surface area contributed by atoms with Gasteiger partial charge in [-0.15, -0.1) is 0 Å². The lowest BCUT2D eigenvalue weighted by Crippen LogP contribution is -2.38. The predicted molar refractivity (Wildman–Crippen MR) is 76.3 cm³/mol. The SMILES string of the molecule is CC(C)c1noc(CCC(=O)N[C@@H]2CCC[C@H](C)C2)n1. The standard InChI is InChI=1S/C15H25N3O2/c1-10(2)15-17-14(20-18-15)8-7-13(19)16-12-6-4-5-11(3)9-12/h10-12H,4-9H2,1-3H3,(H,16,19)/t11-,12+/m0/s1. The molecule has 112 valence electrons. The van der Waals surface area contributed by atoms with Gasteiger partial charge in [0.15, 0.2) is 5.82 Å². The molecule has 0 aromatic carbocycles. The van der Waals surface area contributed by atoms with E-state index in [2.05, 4.69) is 22.4 Å². The van der Waals surface area contributed by atoms with Crippen LogP contribution in [0.25, 0.3) is 0 Å². The van der Waals surface area contributed by atoms with Crippen LogP contribution in [0.5, 0.6) is 0 Å². The number of amides is 1. The average Bonchev–Trinajstić information content (AvgIpc) is 2.85.